The number of rotatable bonds is 7. The summed E-state index contributed by atoms with van der Waals surface area (Å²) in [5.41, 5.74) is 5.46. The normalized spacial score (nSPS) is 14.4. The van der Waals surface area contributed by atoms with Gasteiger partial charge in [0.25, 0.3) is 0 Å². The Hall–Kier alpha value is -2.97. The van der Waals surface area contributed by atoms with Gasteiger partial charge in [-0.25, -0.2) is 0 Å². The lowest BCUT2D eigenvalue weighted by molar-refractivity contribution is -0.124. The van der Waals surface area contributed by atoms with Crippen molar-refractivity contribution in [2.75, 3.05) is 20.3 Å². The molecule has 4 rings (SSSR count). The number of nitrogens with one attached hydrogen (secondary N) is 2. The van der Waals surface area contributed by atoms with Gasteiger partial charge in [0, 0.05) is 38.9 Å². The lowest BCUT2D eigenvalue weighted by Gasteiger charge is -2.19. The summed E-state index contributed by atoms with van der Waals surface area (Å²) in [5.74, 6) is -0.134. The number of aromatic nitrogens is 4. The van der Waals surface area contributed by atoms with Crippen molar-refractivity contribution in [2.24, 2.45) is 0 Å². The zero-order valence-corrected chi connectivity index (χ0v) is 16.6. The van der Waals surface area contributed by atoms with Gasteiger partial charge in [-0.2, -0.15) is 10.2 Å². The van der Waals surface area contributed by atoms with E-state index < -0.39 is 0 Å². The molecule has 0 radical (unpaired) electrons. The standard InChI is InChI=1S/C21H26N6O2/c1-29-15-20(28)22-12-18-10-19-14-26(8-5-9-27(19)25-18)13-17-11-23-24-21(17)16-6-3-2-4-7-16/h2-4,6-7,10-11H,5,8-9,12-15H2,1H3,(H,22,28)(H,23,24). The number of ether oxygens (including phenoxy) is 1. The largest absolute Gasteiger partial charge is 0.375 e. The lowest BCUT2D eigenvalue weighted by atomic mass is 10.1. The van der Waals surface area contributed by atoms with Crippen LogP contribution in [0.5, 0.6) is 0 Å². The molecule has 3 aromatic rings. The molecule has 3 heterocycles. The van der Waals surface area contributed by atoms with Gasteiger partial charge in [-0.3, -0.25) is 19.5 Å². The van der Waals surface area contributed by atoms with Crippen molar-refractivity contribution in [1.29, 1.82) is 0 Å². The average Bonchev–Trinajstić information content (AvgIpc) is 3.30. The Kier molecular flexibility index (Phi) is 6.02. The average molecular weight is 394 g/mol. The van der Waals surface area contributed by atoms with Crippen LogP contribution in [0.1, 0.15) is 23.4 Å². The lowest BCUT2D eigenvalue weighted by Crippen LogP contribution is -2.26. The van der Waals surface area contributed by atoms with Crippen LogP contribution in [0, 0.1) is 0 Å². The van der Waals surface area contributed by atoms with Crippen LogP contribution in [-0.4, -0.2) is 51.0 Å². The third-order valence-corrected chi connectivity index (χ3v) is 5.06. The third kappa shape index (κ3) is 4.72. The van der Waals surface area contributed by atoms with Crippen molar-refractivity contribution in [2.45, 2.75) is 32.6 Å². The van der Waals surface area contributed by atoms with Crippen molar-refractivity contribution in [1.82, 2.24) is 30.2 Å². The maximum atomic E-state index is 11.6. The zero-order chi connectivity index (χ0) is 20.1. The van der Waals surface area contributed by atoms with Crippen LogP contribution in [0.3, 0.4) is 0 Å². The number of amides is 1. The number of hydrogen-bond acceptors (Lipinski definition) is 5. The molecule has 0 bridgehead atoms. The Balaban J connectivity index is 1.43. The number of carbonyl (C=O) groups excluding carboxylic acids is 1. The highest BCUT2D eigenvalue weighted by molar-refractivity contribution is 5.77. The number of aromatic amines is 1. The summed E-state index contributed by atoms with van der Waals surface area (Å²) in [5, 5.41) is 14.9. The molecule has 1 aliphatic heterocycles. The van der Waals surface area contributed by atoms with Gasteiger partial charge in [-0.15, -0.1) is 0 Å². The van der Waals surface area contributed by atoms with E-state index in [0.29, 0.717) is 6.54 Å². The molecular weight excluding hydrogens is 368 g/mol. The minimum absolute atomic E-state index is 0.0653. The van der Waals surface area contributed by atoms with Crippen LogP contribution < -0.4 is 5.32 Å². The Morgan fingerprint density at radius 3 is 2.97 bits per heavy atom. The van der Waals surface area contributed by atoms with Crippen LogP contribution >= 0.6 is 0 Å². The molecule has 1 aromatic carbocycles. The van der Waals surface area contributed by atoms with Crippen LogP contribution in [0.15, 0.2) is 42.6 Å². The second kappa shape index (κ2) is 9.02. The van der Waals surface area contributed by atoms with E-state index in [1.54, 1.807) is 0 Å². The molecule has 0 fully saturated rings. The molecule has 29 heavy (non-hydrogen) atoms. The van der Waals surface area contributed by atoms with Crippen LogP contribution in [0.4, 0.5) is 0 Å². The van der Waals surface area contributed by atoms with Crippen molar-refractivity contribution in [3.05, 3.63) is 59.5 Å². The summed E-state index contributed by atoms with van der Waals surface area (Å²) >= 11 is 0. The molecule has 8 nitrogen and oxygen atoms in total. The van der Waals surface area contributed by atoms with Gasteiger partial charge >= 0.3 is 0 Å². The number of aryl methyl sites for hydroxylation is 1. The first-order chi connectivity index (χ1) is 14.2. The molecule has 2 aromatic heterocycles. The summed E-state index contributed by atoms with van der Waals surface area (Å²) in [4.78, 5) is 14.0. The molecule has 8 heteroatoms. The molecule has 2 N–H and O–H groups in total. The molecule has 0 spiro atoms. The third-order valence-electron chi connectivity index (χ3n) is 5.06. The van der Waals surface area contributed by atoms with Crippen LogP contribution in [-0.2, 0) is 35.7 Å². The predicted molar refractivity (Wildman–Crippen MR) is 109 cm³/mol. The smallest absolute Gasteiger partial charge is 0.246 e. The zero-order valence-electron chi connectivity index (χ0n) is 16.6. The molecule has 0 saturated carbocycles. The van der Waals surface area contributed by atoms with Crippen LogP contribution in [0.2, 0.25) is 0 Å². The monoisotopic (exact) mass is 394 g/mol. The van der Waals surface area contributed by atoms with Gasteiger partial charge in [0.2, 0.25) is 5.91 Å². The molecule has 0 saturated heterocycles. The van der Waals surface area contributed by atoms with Gasteiger partial charge in [0.05, 0.1) is 29.8 Å². The van der Waals surface area contributed by atoms with Gasteiger partial charge in [-0.05, 0) is 18.1 Å². The van der Waals surface area contributed by atoms with Gasteiger partial charge in [-0.1, -0.05) is 30.3 Å². The number of methoxy groups -OCH3 is 1. The number of nitrogens with zero attached hydrogens (tertiary/aromatic N) is 4. The number of hydrogen-bond donors (Lipinski definition) is 2. The highest BCUT2D eigenvalue weighted by Crippen LogP contribution is 2.23. The van der Waals surface area contributed by atoms with Crippen molar-refractivity contribution in [3.63, 3.8) is 0 Å². The van der Waals surface area contributed by atoms with Crippen molar-refractivity contribution in [3.8, 4) is 11.3 Å². The highest BCUT2D eigenvalue weighted by Gasteiger charge is 2.19. The predicted octanol–water partition coefficient (Wildman–Crippen LogP) is 1.94. The first kappa shape index (κ1) is 19.4. The Morgan fingerprint density at radius 2 is 2.14 bits per heavy atom. The number of carbonyl (C=O) groups is 1. The molecular formula is C21H26N6O2. The van der Waals surface area contributed by atoms with Gasteiger partial charge in [0.15, 0.2) is 0 Å². The number of H-pyrrole nitrogens is 1. The fourth-order valence-corrected chi connectivity index (χ4v) is 3.71. The topological polar surface area (TPSA) is 88.1 Å². The Bertz CT molecular complexity index is 949. The van der Waals surface area contributed by atoms with E-state index in [1.807, 2.05) is 24.4 Å². The number of fused-ring (bicyclic) bond motifs is 1. The molecule has 0 aliphatic carbocycles. The maximum absolute atomic E-state index is 11.6. The van der Waals surface area contributed by atoms with Gasteiger partial charge < -0.3 is 10.1 Å². The quantitative estimate of drug-likeness (QED) is 0.639. The molecule has 0 unspecified atom stereocenters. The molecule has 1 aliphatic rings. The molecule has 152 valence electrons. The minimum Gasteiger partial charge on any atom is -0.375 e. The Morgan fingerprint density at radius 1 is 1.28 bits per heavy atom. The van der Waals surface area contributed by atoms with E-state index in [9.17, 15) is 4.79 Å². The molecule has 0 atom stereocenters. The van der Waals surface area contributed by atoms with E-state index in [0.717, 1.165) is 49.6 Å². The SMILES string of the molecule is COCC(=O)NCc1cc2n(n1)CCCN(Cc1cn[nH]c1-c1ccccc1)C2. The minimum atomic E-state index is -0.134. The second-order valence-corrected chi connectivity index (χ2v) is 7.26. The Labute approximate surface area is 169 Å². The van der Waals surface area contributed by atoms with E-state index in [4.69, 9.17) is 4.74 Å². The van der Waals surface area contributed by atoms with Gasteiger partial charge in [0.1, 0.15) is 6.61 Å². The summed E-state index contributed by atoms with van der Waals surface area (Å²) in [6.45, 7) is 4.01. The summed E-state index contributed by atoms with van der Waals surface area (Å²) < 4.78 is 6.90. The summed E-state index contributed by atoms with van der Waals surface area (Å²) in [7, 11) is 1.51. The fraction of sp³-hybridized carbons (Fsp3) is 0.381. The highest BCUT2D eigenvalue weighted by atomic mass is 16.5. The van der Waals surface area contributed by atoms with Crippen LogP contribution in [0.25, 0.3) is 11.3 Å². The van der Waals surface area contributed by atoms with E-state index in [2.05, 4.69) is 48.4 Å². The van der Waals surface area contributed by atoms with Crippen molar-refractivity contribution < 1.29 is 9.53 Å². The number of benzene rings is 1. The summed E-state index contributed by atoms with van der Waals surface area (Å²) in [6.07, 6.45) is 2.95. The van der Waals surface area contributed by atoms with E-state index in [-0.39, 0.29) is 12.5 Å². The first-order valence-electron chi connectivity index (χ1n) is 9.84. The van der Waals surface area contributed by atoms with Crippen molar-refractivity contribution >= 4 is 5.91 Å². The first-order valence-corrected chi connectivity index (χ1v) is 9.84. The maximum Gasteiger partial charge on any atom is 0.246 e. The van der Waals surface area contributed by atoms with E-state index in [1.165, 1.54) is 18.4 Å². The fourth-order valence-electron chi connectivity index (χ4n) is 3.71. The second-order valence-electron chi connectivity index (χ2n) is 7.26. The molecule has 1 amide bonds. The van der Waals surface area contributed by atoms with E-state index >= 15 is 0 Å². The summed E-state index contributed by atoms with van der Waals surface area (Å²) in [6, 6.07) is 12.4.